The van der Waals surface area contributed by atoms with Crippen molar-refractivity contribution in [3.8, 4) is 0 Å². The third-order valence-electron chi connectivity index (χ3n) is 4.55. The minimum absolute atomic E-state index is 0.00331. The molecule has 1 aromatic rings. The molecule has 0 saturated carbocycles. The van der Waals surface area contributed by atoms with Crippen molar-refractivity contribution < 1.29 is 9.59 Å². The van der Waals surface area contributed by atoms with Crippen molar-refractivity contribution >= 4 is 11.9 Å². The Labute approximate surface area is 138 Å². The molecule has 3 amide bonds. The van der Waals surface area contributed by atoms with Crippen LogP contribution in [0.5, 0.6) is 0 Å². The fraction of sp³-hybridized carbons (Fsp3) is 0.556. The van der Waals surface area contributed by atoms with Gasteiger partial charge in [-0.2, -0.15) is 0 Å². The Morgan fingerprint density at radius 3 is 2.35 bits per heavy atom. The maximum Gasteiger partial charge on any atom is 0.312 e. The summed E-state index contributed by atoms with van der Waals surface area (Å²) in [7, 11) is 0. The molecule has 0 bridgehead atoms. The van der Waals surface area contributed by atoms with Crippen molar-refractivity contribution in [2.75, 3.05) is 19.6 Å². The molecule has 1 saturated heterocycles. The van der Waals surface area contributed by atoms with Crippen LogP contribution in [0.3, 0.4) is 0 Å². The fourth-order valence-corrected chi connectivity index (χ4v) is 3.03. The van der Waals surface area contributed by atoms with E-state index in [-0.39, 0.29) is 12.5 Å². The second-order valence-electron chi connectivity index (χ2n) is 6.64. The first-order chi connectivity index (χ1) is 11.0. The first-order valence-corrected chi connectivity index (χ1v) is 8.35. The van der Waals surface area contributed by atoms with Crippen molar-refractivity contribution in [2.24, 2.45) is 11.7 Å². The second-order valence-corrected chi connectivity index (χ2v) is 6.64. The summed E-state index contributed by atoms with van der Waals surface area (Å²) in [5.74, 6) is 1.13. The molecule has 126 valence electrons. The number of carbonyl (C=O) groups excluding carboxylic acids is 2. The van der Waals surface area contributed by atoms with Gasteiger partial charge in [-0.25, -0.2) is 4.79 Å². The maximum absolute atomic E-state index is 11.9. The van der Waals surface area contributed by atoms with Gasteiger partial charge in [-0.3, -0.25) is 4.79 Å². The molecule has 5 nitrogen and oxygen atoms in total. The molecule has 0 aromatic heterocycles. The van der Waals surface area contributed by atoms with Crippen LogP contribution in [0.2, 0.25) is 0 Å². The highest BCUT2D eigenvalue weighted by molar-refractivity contribution is 5.83. The largest absolute Gasteiger partial charge is 0.352 e. The van der Waals surface area contributed by atoms with Crippen molar-refractivity contribution in [3.63, 3.8) is 0 Å². The van der Waals surface area contributed by atoms with Crippen molar-refractivity contribution in [2.45, 2.75) is 39.0 Å². The van der Waals surface area contributed by atoms with Crippen LogP contribution in [0.15, 0.2) is 24.3 Å². The molecule has 1 aliphatic rings. The number of rotatable bonds is 5. The predicted molar refractivity (Wildman–Crippen MR) is 91.1 cm³/mol. The molecule has 1 fully saturated rings. The van der Waals surface area contributed by atoms with Gasteiger partial charge >= 0.3 is 6.03 Å². The summed E-state index contributed by atoms with van der Waals surface area (Å²) in [6.45, 7) is 5.92. The number of nitrogens with two attached hydrogens (primary N) is 1. The van der Waals surface area contributed by atoms with Crippen LogP contribution in [0, 0.1) is 5.92 Å². The Morgan fingerprint density at radius 1 is 1.22 bits per heavy atom. The SMILES string of the molecule is CC(C)c1ccc(CC2CCN(C(=O)CNC(N)=O)CC2)cc1. The molecule has 0 atom stereocenters. The first-order valence-electron chi connectivity index (χ1n) is 8.35. The van der Waals surface area contributed by atoms with Crippen LogP contribution in [-0.2, 0) is 11.2 Å². The number of carbonyl (C=O) groups is 2. The smallest absolute Gasteiger partial charge is 0.312 e. The summed E-state index contributed by atoms with van der Waals surface area (Å²) in [5.41, 5.74) is 7.73. The third kappa shape index (κ3) is 5.27. The summed E-state index contributed by atoms with van der Waals surface area (Å²) in [6, 6.07) is 8.23. The monoisotopic (exact) mass is 317 g/mol. The van der Waals surface area contributed by atoms with Gasteiger partial charge in [0.1, 0.15) is 0 Å². The van der Waals surface area contributed by atoms with Gasteiger partial charge in [-0.15, -0.1) is 0 Å². The van der Waals surface area contributed by atoms with Gasteiger partial charge in [0.05, 0.1) is 6.54 Å². The van der Waals surface area contributed by atoms with Gasteiger partial charge in [0, 0.05) is 13.1 Å². The summed E-state index contributed by atoms with van der Waals surface area (Å²) < 4.78 is 0. The fourth-order valence-electron chi connectivity index (χ4n) is 3.03. The van der Waals surface area contributed by atoms with E-state index in [0.717, 1.165) is 32.4 Å². The molecule has 0 spiro atoms. The van der Waals surface area contributed by atoms with Crippen LogP contribution in [0.4, 0.5) is 4.79 Å². The molecule has 0 unspecified atom stereocenters. The average Bonchev–Trinajstić information content (AvgIpc) is 2.54. The number of hydrogen-bond donors (Lipinski definition) is 2. The number of urea groups is 1. The van der Waals surface area contributed by atoms with Crippen LogP contribution >= 0.6 is 0 Å². The zero-order valence-corrected chi connectivity index (χ0v) is 14.0. The number of primary amides is 1. The van der Waals surface area contributed by atoms with E-state index in [9.17, 15) is 9.59 Å². The van der Waals surface area contributed by atoms with Gasteiger partial charge in [0.2, 0.25) is 5.91 Å². The molecule has 2 rings (SSSR count). The van der Waals surface area contributed by atoms with Crippen LogP contribution < -0.4 is 11.1 Å². The number of nitrogens with zero attached hydrogens (tertiary/aromatic N) is 1. The van der Waals surface area contributed by atoms with Gasteiger partial charge in [0.15, 0.2) is 0 Å². The minimum atomic E-state index is -0.655. The van der Waals surface area contributed by atoms with Crippen molar-refractivity contribution in [3.05, 3.63) is 35.4 Å². The zero-order chi connectivity index (χ0) is 16.8. The Hall–Kier alpha value is -2.04. The minimum Gasteiger partial charge on any atom is -0.352 e. The first kappa shape index (κ1) is 17.3. The van der Waals surface area contributed by atoms with E-state index < -0.39 is 6.03 Å². The highest BCUT2D eigenvalue weighted by atomic mass is 16.2. The lowest BCUT2D eigenvalue weighted by Gasteiger charge is -2.32. The van der Waals surface area contributed by atoms with E-state index in [0.29, 0.717) is 11.8 Å². The molecule has 1 aliphatic heterocycles. The molecule has 1 heterocycles. The molecular formula is C18H27N3O2. The average molecular weight is 317 g/mol. The number of amides is 3. The van der Waals surface area contributed by atoms with Gasteiger partial charge in [0.25, 0.3) is 0 Å². The Bertz CT molecular complexity index is 532. The number of benzene rings is 1. The Morgan fingerprint density at radius 2 is 1.83 bits per heavy atom. The summed E-state index contributed by atoms with van der Waals surface area (Å²) in [5, 5.41) is 2.36. The lowest BCUT2D eigenvalue weighted by atomic mass is 9.89. The van der Waals surface area contributed by atoms with Crippen molar-refractivity contribution in [1.82, 2.24) is 10.2 Å². The van der Waals surface area contributed by atoms with E-state index >= 15 is 0 Å². The zero-order valence-electron chi connectivity index (χ0n) is 14.0. The number of hydrogen-bond acceptors (Lipinski definition) is 2. The van der Waals surface area contributed by atoms with Crippen LogP contribution in [0.25, 0.3) is 0 Å². The van der Waals surface area contributed by atoms with Gasteiger partial charge < -0.3 is 16.0 Å². The van der Waals surface area contributed by atoms with Crippen LogP contribution in [-0.4, -0.2) is 36.5 Å². The van der Waals surface area contributed by atoms with E-state index in [1.54, 1.807) is 0 Å². The molecular weight excluding hydrogens is 290 g/mol. The Kier molecular flexibility index (Phi) is 6.02. The quantitative estimate of drug-likeness (QED) is 0.874. The second kappa shape index (κ2) is 7.99. The molecule has 0 aliphatic carbocycles. The van der Waals surface area contributed by atoms with Crippen molar-refractivity contribution in [1.29, 1.82) is 0 Å². The van der Waals surface area contributed by atoms with E-state index in [1.165, 1.54) is 11.1 Å². The molecule has 0 radical (unpaired) electrons. The molecule has 5 heteroatoms. The van der Waals surface area contributed by atoms with Gasteiger partial charge in [-0.1, -0.05) is 38.1 Å². The summed E-state index contributed by atoms with van der Waals surface area (Å²) in [4.78, 5) is 24.4. The Balaban J connectivity index is 1.78. The lowest BCUT2D eigenvalue weighted by Crippen LogP contribution is -2.45. The molecule has 3 N–H and O–H groups in total. The molecule has 1 aromatic carbocycles. The number of piperidine rings is 1. The highest BCUT2D eigenvalue weighted by Crippen LogP contribution is 2.23. The summed E-state index contributed by atoms with van der Waals surface area (Å²) in [6.07, 6.45) is 3.09. The van der Waals surface area contributed by atoms with Crippen LogP contribution in [0.1, 0.15) is 43.7 Å². The number of likely N-dealkylation sites (tertiary alicyclic amines) is 1. The highest BCUT2D eigenvalue weighted by Gasteiger charge is 2.22. The number of nitrogens with one attached hydrogen (secondary N) is 1. The predicted octanol–water partition coefficient (Wildman–Crippen LogP) is 2.26. The standard InChI is InChI=1S/C18H27N3O2/c1-13(2)16-5-3-14(4-6-16)11-15-7-9-21(10-8-15)17(22)12-20-18(19)23/h3-6,13,15H,7-12H2,1-2H3,(H3,19,20,23). The summed E-state index contributed by atoms with van der Waals surface area (Å²) >= 11 is 0. The van der Waals surface area contributed by atoms with E-state index in [1.807, 2.05) is 4.90 Å². The third-order valence-corrected chi connectivity index (χ3v) is 4.55. The van der Waals surface area contributed by atoms with E-state index in [4.69, 9.17) is 5.73 Å². The topological polar surface area (TPSA) is 75.4 Å². The lowest BCUT2D eigenvalue weighted by molar-refractivity contribution is -0.131. The van der Waals surface area contributed by atoms with E-state index in [2.05, 4.69) is 43.4 Å². The normalized spacial score (nSPS) is 15.7. The van der Waals surface area contributed by atoms with Gasteiger partial charge in [-0.05, 0) is 42.2 Å². The maximum atomic E-state index is 11.9. The molecule has 23 heavy (non-hydrogen) atoms.